The molecule has 0 radical (unpaired) electrons. The van der Waals surface area contributed by atoms with E-state index in [9.17, 15) is 9.59 Å². The zero-order chi connectivity index (χ0) is 17.3. The summed E-state index contributed by atoms with van der Waals surface area (Å²) in [5.74, 6) is -0.603. The highest BCUT2D eigenvalue weighted by molar-refractivity contribution is 5.94. The highest BCUT2D eigenvalue weighted by Gasteiger charge is 2.38. The standard InChI is InChI=1S/C17H21N5O2/c1-11-5-3-6-13(20-11)16(24)22-8-4-7-17(2,10-22)14-12(15(18)23)9-19-21-14/h3,5-6,9H,4,7-8,10H2,1-2H3,(H2,18,23)(H,19,21)/t17-/m0/s1. The van der Waals surface area contributed by atoms with Gasteiger partial charge in [-0.2, -0.15) is 5.10 Å². The van der Waals surface area contributed by atoms with Crippen molar-refractivity contribution in [3.05, 3.63) is 47.0 Å². The molecule has 1 atom stereocenters. The molecule has 0 unspecified atom stereocenters. The third-order valence-electron chi connectivity index (χ3n) is 4.60. The largest absolute Gasteiger partial charge is 0.365 e. The van der Waals surface area contributed by atoms with Crippen molar-refractivity contribution in [3.8, 4) is 0 Å². The van der Waals surface area contributed by atoms with E-state index in [1.807, 2.05) is 26.0 Å². The number of nitrogens with zero attached hydrogens (tertiary/aromatic N) is 3. The summed E-state index contributed by atoms with van der Waals surface area (Å²) in [6.07, 6.45) is 3.14. The lowest BCUT2D eigenvalue weighted by molar-refractivity contribution is 0.0641. The van der Waals surface area contributed by atoms with Gasteiger partial charge in [0.15, 0.2) is 0 Å². The lowest BCUT2D eigenvalue weighted by atomic mass is 9.77. The lowest BCUT2D eigenvalue weighted by Crippen LogP contribution is -2.48. The molecule has 0 spiro atoms. The Bertz CT molecular complexity index is 785. The fourth-order valence-corrected chi connectivity index (χ4v) is 3.37. The van der Waals surface area contributed by atoms with Gasteiger partial charge in [-0.25, -0.2) is 4.98 Å². The first kappa shape index (κ1) is 16.2. The third kappa shape index (κ3) is 2.89. The van der Waals surface area contributed by atoms with Gasteiger partial charge in [0.1, 0.15) is 5.69 Å². The van der Waals surface area contributed by atoms with Crippen LogP contribution in [0.1, 0.15) is 52.0 Å². The number of carbonyl (C=O) groups excluding carboxylic acids is 2. The second-order valence-electron chi connectivity index (χ2n) is 6.58. The van der Waals surface area contributed by atoms with Gasteiger partial charge in [-0.05, 0) is 31.9 Å². The summed E-state index contributed by atoms with van der Waals surface area (Å²) in [5, 5.41) is 6.86. The maximum absolute atomic E-state index is 12.8. The minimum Gasteiger partial charge on any atom is -0.365 e. The molecule has 1 aliphatic rings. The van der Waals surface area contributed by atoms with Gasteiger partial charge in [-0.15, -0.1) is 0 Å². The van der Waals surface area contributed by atoms with Crippen LogP contribution in [0, 0.1) is 6.92 Å². The van der Waals surface area contributed by atoms with Crippen molar-refractivity contribution in [1.82, 2.24) is 20.1 Å². The number of rotatable bonds is 3. The number of primary amides is 1. The number of aromatic amines is 1. The van der Waals surface area contributed by atoms with Gasteiger partial charge in [0.25, 0.3) is 11.8 Å². The van der Waals surface area contributed by atoms with Gasteiger partial charge in [-0.3, -0.25) is 14.7 Å². The molecule has 0 aromatic carbocycles. The van der Waals surface area contributed by atoms with Crippen LogP contribution < -0.4 is 5.73 Å². The Morgan fingerprint density at radius 3 is 2.88 bits per heavy atom. The highest BCUT2D eigenvalue weighted by Crippen LogP contribution is 2.34. The van der Waals surface area contributed by atoms with Crippen molar-refractivity contribution in [3.63, 3.8) is 0 Å². The minimum absolute atomic E-state index is 0.0928. The van der Waals surface area contributed by atoms with E-state index in [0.29, 0.717) is 30.0 Å². The maximum atomic E-state index is 12.8. The number of hydrogen-bond acceptors (Lipinski definition) is 4. The molecule has 2 aromatic heterocycles. The highest BCUT2D eigenvalue weighted by atomic mass is 16.2. The van der Waals surface area contributed by atoms with E-state index in [0.717, 1.165) is 18.5 Å². The van der Waals surface area contributed by atoms with Gasteiger partial charge >= 0.3 is 0 Å². The number of nitrogens with two attached hydrogens (primary N) is 1. The number of piperidine rings is 1. The van der Waals surface area contributed by atoms with Crippen molar-refractivity contribution >= 4 is 11.8 Å². The summed E-state index contributed by atoms with van der Waals surface area (Å²) in [4.78, 5) is 30.5. The number of H-pyrrole nitrogens is 1. The Hall–Kier alpha value is -2.70. The summed E-state index contributed by atoms with van der Waals surface area (Å²) in [6, 6.07) is 5.42. The number of aromatic nitrogens is 3. The van der Waals surface area contributed by atoms with E-state index >= 15 is 0 Å². The Morgan fingerprint density at radius 2 is 2.17 bits per heavy atom. The van der Waals surface area contributed by atoms with Crippen LogP contribution in [0.4, 0.5) is 0 Å². The average Bonchev–Trinajstić information content (AvgIpc) is 3.05. The molecule has 1 fully saturated rings. The molecule has 7 nitrogen and oxygen atoms in total. The Balaban J connectivity index is 1.87. The molecule has 2 amide bonds. The van der Waals surface area contributed by atoms with E-state index < -0.39 is 11.3 Å². The number of carbonyl (C=O) groups is 2. The molecule has 7 heteroatoms. The SMILES string of the molecule is Cc1cccc(C(=O)N2CCC[C@](C)(c3[nH]ncc3C(N)=O)C2)n1. The van der Waals surface area contributed by atoms with Crippen molar-refractivity contribution in [1.29, 1.82) is 0 Å². The molecule has 1 saturated heterocycles. The first-order chi connectivity index (χ1) is 11.4. The molecular formula is C17H21N5O2. The van der Waals surface area contributed by atoms with Crippen LogP contribution in [0.5, 0.6) is 0 Å². The second kappa shape index (κ2) is 6.07. The first-order valence-electron chi connectivity index (χ1n) is 7.97. The predicted octanol–water partition coefficient (Wildman–Crippen LogP) is 1.41. The fourth-order valence-electron chi connectivity index (χ4n) is 3.37. The molecule has 0 aliphatic carbocycles. The Kier molecular flexibility index (Phi) is 4.09. The average molecular weight is 327 g/mol. The summed E-state index contributed by atoms with van der Waals surface area (Å²) in [5.41, 5.74) is 7.39. The number of aryl methyl sites for hydroxylation is 1. The number of nitrogens with one attached hydrogen (secondary N) is 1. The summed E-state index contributed by atoms with van der Waals surface area (Å²) < 4.78 is 0. The van der Waals surface area contributed by atoms with Crippen LogP contribution >= 0.6 is 0 Å². The smallest absolute Gasteiger partial charge is 0.272 e. The summed E-state index contributed by atoms with van der Waals surface area (Å²) in [7, 11) is 0. The van der Waals surface area contributed by atoms with Crippen LogP contribution in [0.3, 0.4) is 0 Å². The zero-order valence-corrected chi connectivity index (χ0v) is 13.9. The van der Waals surface area contributed by atoms with E-state index in [4.69, 9.17) is 5.73 Å². The van der Waals surface area contributed by atoms with E-state index in [1.54, 1.807) is 11.0 Å². The van der Waals surface area contributed by atoms with Crippen LogP contribution in [0.25, 0.3) is 0 Å². The molecular weight excluding hydrogens is 306 g/mol. The van der Waals surface area contributed by atoms with Gasteiger partial charge in [-0.1, -0.05) is 13.0 Å². The van der Waals surface area contributed by atoms with Crippen LogP contribution in [0.15, 0.2) is 24.4 Å². The molecule has 3 heterocycles. The summed E-state index contributed by atoms with van der Waals surface area (Å²) in [6.45, 7) is 5.05. The quantitative estimate of drug-likeness (QED) is 0.889. The van der Waals surface area contributed by atoms with Crippen LogP contribution in [-0.4, -0.2) is 45.0 Å². The lowest BCUT2D eigenvalue weighted by Gasteiger charge is -2.40. The van der Waals surface area contributed by atoms with Crippen molar-refractivity contribution in [2.75, 3.05) is 13.1 Å². The molecule has 0 bridgehead atoms. The predicted molar refractivity (Wildman–Crippen MR) is 88.6 cm³/mol. The van der Waals surface area contributed by atoms with Gasteiger partial charge in [0, 0.05) is 24.2 Å². The number of hydrogen-bond donors (Lipinski definition) is 2. The van der Waals surface area contributed by atoms with Gasteiger partial charge in [0.05, 0.1) is 17.5 Å². The van der Waals surface area contributed by atoms with Gasteiger partial charge < -0.3 is 10.6 Å². The number of amides is 2. The molecule has 3 N–H and O–H groups in total. The second-order valence-corrected chi connectivity index (χ2v) is 6.58. The van der Waals surface area contributed by atoms with Crippen molar-refractivity contribution < 1.29 is 9.59 Å². The fraction of sp³-hybridized carbons (Fsp3) is 0.412. The molecule has 3 rings (SSSR count). The van der Waals surface area contributed by atoms with Crippen molar-refractivity contribution in [2.24, 2.45) is 5.73 Å². The number of likely N-dealkylation sites (tertiary alicyclic amines) is 1. The van der Waals surface area contributed by atoms with E-state index in [1.165, 1.54) is 6.20 Å². The normalized spacial score (nSPS) is 20.8. The third-order valence-corrected chi connectivity index (χ3v) is 4.60. The van der Waals surface area contributed by atoms with E-state index in [2.05, 4.69) is 15.2 Å². The van der Waals surface area contributed by atoms with E-state index in [-0.39, 0.29) is 5.91 Å². The Labute approximate surface area is 140 Å². The van der Waals surface area contributed by atoms with Crippen LogP contribution in [-0.2, 0) is 5.41 Å². The maximum Gasteiger partial charge on any atom is 0.272 e. The monoisotopic (exact) mass is 327 g/mol. The van der Waals surface area contributed by atoms with Crippen molar-refractivity contribution in [2.45, 2.75) is 32.1 Å². The molecule has 126 valence electrons. The van der Waals surface area contributed by atoms with Gasteiger partial charge in [0.2, 0.25) is 0 Å². The molecule has 1 aliphatic heterocycles. The molecule has 2 aromatic rings. The number of pyridine rings is 1. The molecule has 24 heavy (non-hydrogen) atoms. The van der Waals surface area contributed by atoms with Crippen LogP contribution in [0.2, 0.25) is 0 Å². The molecule has 0 saturated carbocycles. The topological polar surface area (TPSA) is 105 Å². The zero-order valence-electron chi connectivity index (χ0n) is 13.9. The minimum atomic E-state index is -0.510. The summed E-state index contributed by atoms with van der Waals surface area (Å²) >= 11 is 0. The first-order valence-corrected chi connectivity index (χ1v) is 7.97. The Morgan fingerprint density at radius 1 is 1.38 bits per heavy atom.